The summed E-state index contributed by atoms with van der Waals surface area (Å²) < 4.78 is 0. The standard InChI is InChI=1S/C29H38ClN5OS/c1-5-35(6-2)17-11-12-22(3)31-28(36)25-16-10-15-24(18-25)21-37-29-32-26(30)19-27(33-29)34(4)20-23-13-8-7-9-14-23/h7-10,13-16,18-19,22H,5-6,11-12,17,20-21H2,1-4H3,(H,31,36). The number of anilines is 1. The van der Waals surface area contributed by atoms with Crippen LogP contribution in [0.2, 0.25) is 5.15 Å². The molecule has 0 saturated carbocycles. The van der Waals surface area contributed by atoms with Crippen molar-refractivity contribution in [2.75, 3.05) is 31.6 Å². The maximum Gasteiger partial charge on any atom is 0.251 e. The molecule has 1 aromatic heterocycles. The first-order valence-corrected chi connectivity index (χ1v) is 14.3. The van der Waals surface area contributed by atoms with Gasteiger partial charge in [-0.15, -0.1) is 0 Å². The van der Waals surface area contributed by atoms with Gasteiger partial charge in [-0.05, 0) is 62.7 Å². The molecule has 1 unspecified atom stereocenters. The second-order valence-electron chi connectivity index (χ2n) is 9.21. The Bertz CT molecular complexity index is 1130. The molecule has 1 N–H and O–H groups in total. The second-order valence-corrected chi connectivity index (χ2v) is 10.5. The molecule has 198 valence electrons. The van der Waals surface area contributed by atoms with Crippen molar-refractivity contribution in [3.8, 4) is 0 Å². The summed E-state index contributed by atoms with van der Waals surface area (Å²) in [7, 11) is 1.99. The summed E-state index contributed by atoms with van der Waals surface area (Å²) in [5.41, 5.74) is 2.90. The number of rotatable bonds is 14. The SMILES string of the molecule is CCN(CC)CCCC(C)NC(=O)c1cccc(CSc2nc(Cl)cc(N(C)Cc3ccccc3)n2)c1. The molecular formula is C29H38ClN5OS. The van der Waals surface area contributed by atoms with Crippen LogP contribution in [0.15, 0.2) is 65.8 Å². The summed E-state index contributed by atoms with van der Waals surface area (Å²) >= 11 is 7.83. The van der Waals surface area contributed by atoms with Gasteiger partial charge >= 0.3 is 0 Å². The Morgan fingerprint density at radius 1 is 1.03 bits per heavy atom. The average Bonchev–Trinajstić information content (AvgIpc) is 2.90. The molecule has 0 saturated heterocycles. The number of halogens is 1. The highest BCUT2D eigenvalue weighted by Crippen LogP contribution is 2.25. The fourth-order valence-electron chi connectivity index (χ4n) is 4.07. The van der Waals surface area contributed by atoms with Crippen molar-refractivity contribution in [2.45, 2.75) is 57.1 Å². The van der Waals surface area contributed by atoms with Crippen LogP contribution in [0.5, 0.6) is 0 Å². The number of nitrogens with one attached hydrogen (secondary N) is 1. The number of aromatic nitrogens is 2. The number of carbonyl (C=O) groups is 1. The molecule has 0 radical (unpaired) electrons. The van der Waals surface area contributed by atoms with Crippen LogP contribution in [-0.2, 0) is 12.3 Å². The molecule has 37 heavy (non-hydrogen) atoms. The summed E-state index contributed by atoms with van der Waals surface area (Å²) in [6, 6.07) is 19.9. The number of benzene rings is 2. The third-order valence-electron chi connectivity index (χ3n) is 6.26. The van der Waals surface area contributed by atoms with Crippen LogP contribution in [-0.4, -0.2) is 53.5 Å². The lowest BCUT2D eigenvalue weighted by Gasteiger charge is -2.20. The zero-order valence-corrected chi connectivity index (χ0v) is 23.9. The van der Waals surface area contributed by atoms with Crippen LogP contribution in [0.1, 0.15) is 55.1 Å². The zero-order chi connectivity index (χ0) is 26.6. The van der Waals surface area contributed by atoms with Gasteiger partial charge in [0.25, 0.3) is 5.91 Å². The van der Waals surface area contributed by atoms with E-state index in [0.717, 1.165) is 50.4 Å². The van der Waals surface area contributed by atoms with Crippen molar-refractivity contribution < 1.29 is 4.79 Å². The van der Waals surface area contributed by atoms with Crippen LogP contribution in [0, 0.1) is 0 Å². The normalized spacial score (nSPS) is 11.9. The van der Waals surface area contributed by atoms with E-state index in [4.69, 9.17) is 16.6 Å². The molecule has 0 aliphatic carbocycles. The Balaban J connectivity index is 1.55. The van der Waals surface area contributed by atoms with Crippen LogP contribution < -0.4 is 10.2 Å². The zero-order valence-electron chi connectivity index (χ0n) is 22.3. The maximum atomic E-state index is 12.8. The smallest absolute Gasteiger partial charge is 0.251 e. The molecule has 0 fully saturated rings. The van der Waals surface area contributed by atoms with Crippen molar-refractivity contribution in [3.05, 3.63) is 82.5 Å². The highest BCUT2D eigenvalue weighted by molar-refractivity contribution is 7.98. The number of nitrogens with zero attached hydrogens (tertiary/aromatic N) is 4. The van der Waals surface area contributed by atoms with E-state index in [-0.39, 0.29) is 11.9 Å². The molecule has 1 amide bonds. The van der Waals surface area contributed by atoms with Crippen molar-refractivity contribution in [1.82, 2.24) is 20.2 Å². The Hall–Kier alpha value is -2.61. The lowest BCUT2D eigenvalue weighted by molar-refractivity contribution is 0.0937. The van der Waals surface area contributed by atoms with E-state index < -0.39 is 0 Å². The van der Waals surface area contributed by atoms with Gasteiger partial charge < -0.3 is 15.1 Å². The average molecular weight is 540 g/mol. The Kier molecular flexibility index (Phi) is 11.7. The molecule has 0 spiro atoms. The molecule has 6 nitrogen and oxygen atoms in total. The van der Waals surface area contributed by atoms with Gasteiger partial charge in [-0.3, -0.25) is 4.79 Å². The van der Waals surface area contributed by atoms with E-state index in [1.807, 2.05) is 49.5 Å². The first-order chi connectivity index (χ1) is 17.9. The summed E-state index contributed by atoms with van der Waals surface area (Å²) in [4.78, 5) is 26.4. The quantitative estimate of drug-likeness (QED) is 0.147. The fourth-order valence-corrected chi connectivity index (χ4v) is 5.10. The van der Waals surface area contributed by atoms with Crippen molar-refractivity contribution in [3.63, 3.8) is 0 Å². The molecule has 8 heteroatoms. The van der Waals surface area contributed by atoms with Gasteiger partial charge in [-0.2, -0.15) is 0 Å². The minimum Gasteiger partial charge on any atom is -0.355 e. The van der Waals surface area contributed by atoms with E-state index in [0.29, 0.717) is 21.6 Å². The predicted molar refractivity (Wildman–Crippen MR) is 156 cm³/mol. The maximum absolute atomic E-state index is 12.8. The molecule has 2 aromatic carbocycles. The Morgan fingerprint density at radius 3 is 2.49 bits per heavy atom. The monoisotopic (exact) mass is 539 g/mol. The molecule has 3 rings (SSSR count). The number of carbonyl (C=O) groups excluding carboxylic acids is 1. The molecule has 1 atom stereocenters. The van der Waals surface area contributed by atoms with E-state index in [9.17, 15) is 4.79 Å². The van der Waals surface area contributed by atoms with E-state index >= 15 is 0 Å². The molecular weight excluding hydrogens is 502 g/mol. The lowest BCUT2D eigenvalue weighted by Crippen LogP contribution is -2.33. The van der Waals surface area contributed by atoms with Gasteiger partial charge in [0.1, 0.15) is 11.0 Å². The fraction of sp³-hybridized carbons (Fsp3) is 0.414. The summed E-state index contributed by atoms with van der Waals surface area (Å²) in [6.07, 6.45) is 2.03. The largest absolute Gasteiger partial charge is 0.355 e. The minimum absolute atomic E-state index is 0.0361. The van der Waals surface area contributed by atoms with Gasteiger partial charge in [0, 0.05) is 37.0 Å². The molecule has 1 heterocycles. The molecule has 0 aliphatic heterocycles. The van der Waals surface area contributed by atoms with Crippen LogP contribution in [0.4, 0.5) is 5.82 Å². The van der Waals surface area contributed by atoms with E-state index in [1.54, 1.807) is 6.07 Å². The number of hydrogen-bond donors (Lipinski definition) is 1. The van der Waals surface area contributed by atoms with Gasteiger partial charge in [0.15, 0.2) is 5.16 Å². The lowest BCUT2D eigenvalue weighted by atomic mass is 10.1. The van der Waals surface area contributed by atoms with Gasteiger partial charge in [0.05, 0.1) is 0 Å². The third-order valence-corrected chi connectivity index (χ3v) is 7.37. The van der Waals surface area contributed by atoms with Gasteiger partial charge in [0.2, 0.25) is 0 Å². The highest BCUT2D eigenvalue weighted by Gasteiger charge is 2.13. The Labute approximate surface area is 230 Å². The summed E-state index contributed by atoms with van der Waals surface area (Å²) in [5.74, 6) is 1.38. The molecule has 0 aliphatic rings. The number of amides is 1. The minimum atomic E-state index is -0.0361. The van der Waals surface area contributed by atoms with Crippen LogP contribution in [0.25, 0.3) is 0 Å². The van der Waals surface area contributed by atoms with Crippen molar-refractivity contribution >= 4 is 35.1 Å². The molecule has 0 bridgehead atoms. The van der Waals surface area contributed by atoms with Crippen LogP contribution >= 0.6 is 23.4 Å². The third kappa shape index (κ3) is 9.65. The summed E-state index contributed by atoms with van der Waals surface area (Å²) in [6.45, 7) is 10.4. The van der Waals surface area contributed by atoms with E-state index in [2.05, 4.69) is 53.0 Å². The van der Waals surface area contributed by atoms with Gasteiger partial charge in [-0.1, -0.05) is 79.7 Å². The van der Waals surface area contributed by atoms with Crippen LogP contribution in [0.3, 0.4) is 0 Å². The van der Waals surface area contributed by atoms with Crippen molar-refractivity contribution in [2.24, 2.45) is 0 Å². The summed E-state index contributed by atoms with van der Waals surface area (Å²) in [5, 5.41) is 4.17. The number of thioether (sulfide) groups is 1. The second kappa shape index (κ2) is 15.0. The highest BCUT2D eigenvalue weighted by atomic mass is 35.5. The van der Waals surface area contributed by atoms with Gasteiger partial charge in [-0.25, -0.2) is 9.97 Å². The topological polar surface area (TPSA) is 61.4 Å². The first-order valence-electron chi connectivity index (χ1n) is 12.9. The van der Waals surface area contributed by atoms with E-state index in [1.165, 1.54) is 17.3 Å². The Morgan fingerprint density at radius 2 is 1.76 bits per heavy atom. The number of hydrogen-bond acceptors (Lipinski definition) is 6. The molecule has 3 aromatic rings. The van der Waals surface area contributed by atoms with Crippen molar-refractivity contribution in [1.29, 1.82) is 0 Å². The first kappa shape index (κ1) is 29.0. The predicted octanol–water partition coefficient (Wildman–Crippen LogP) is 6.30.